The van der Waals surface area contributed by atoms with Gasteiger partial charge in [0.2, 0.25) is 0 Å². The molecule has 0 bridgehead atoms. The van der Waals surface area contributed by atoms with Gasteiger partial charge in [-0.25, -0.2) is 8.42 Å². The molecule has 1 saturated carbocycles. The molecule has 0 aromatic heterocycles. The summed E-state index contributed by atoms with van der Waals surface area (Å²) in [7, 11) is -3.13. The normalized spacial score (nSPS) is 28.7. The molecule has 1 heterocycles. The minimum Gasteiger partial charge on any atom is -0.483 e. The van der Waals surface area contributed by atoms with Crippen molar-refractivity contribution in [3.05, 3.63) is 29.8 Å². The number of rotatable bonds is 4. The second-order valence-electron chi connectivity index (χ2n) is 7.43. The minimum atomic E-state index is -3.13. The Balaban J connectivity index is 0.000000758. The Morgan fingerprint density at radius 1 is 1.27 bits per heavy atom. The van der Waals surface area contributed by atoms with Crippen molar-refractivity contribution in [2.75, 3.05) is 19.3 Å². The Morgan fingerprint density at radius 2 is 1.88 bits per heavy atom. The fourth-order valence-electron chi connectivity index (χ4n) is 4.39. The highest BCUT2D eigenvalue weighted by molar-refractivity contribution is 7.90. The van der Waals surface area contributed by atoms with Crippen LogP contribution >= 0.6 is 0 Å². The fourth-order valence-corrected chi connectivity index (χ4v) is 5.02. The van der Waals surface area contributed by atoms with Crippen LogP contribution in [0, 0.1) is 11.8 Å². The predicted octanol–water partition coefficient (Wildman–Crippen LogP) is 2.16. The van der Waals surface area contributed by atoms with E-state index in [-0.39, 0.29) is 6.47 Å². The zero-order valence-electron chi connectivity index (χ0n) is 15.5. The van der Waals surface area contributed by atoms with Crippen molar-refractivity contribution in [2.24, 2.45) is 11.8 Å². The highest BCUT2D eigenvalue weighted by Gasteiger charge is 2.47. The molecular formula is C19H29NO5S. The Labute approximate surface area is 155 Å². The summed E-state index contributed by atoms with van der Waals surface area (Å²) in [6, 6.07) is 7.20. The summed E-state index contributed by atoms with van der Waals surface area (Å²) in [5, 5.41) is 17.8. The van der Waals surface area contributed by atoms with Crippen molar-refractivity contribution in [1.29, 1.82) is 0 Å². The van der Waals surface area contributed by atoms with Crippen LogP contribution in [0.25, 0.3) is 0 Å². The lowest BCUT2D eigenvalue weighted by Gasteiger charge is -2.40. The summed E-state index contributed by atoms with van der Waals surface area (Å²) in [4.78, 5) is 11.1. The highest BCUT2D eigenvalue weighted by atomic mass is 32.2. The maximum atomic E-state index is 11.5. The topological polar surface area (TPSA) is 94.9 Å². The summed E-state index contributed by atoms with van der Waals surface area (Å²) < 4.78 is 23.1. The van der Waals surface area contributed by atoms with Crippen molar-refractivity contribution in [1.82, 2.24) is 4.90 Å². The first-order valence-electron chi connectivity index (χ1n) is 9.05. The van der Waals surface area contributed by atoms with Crippen LogP contribution < -0.4 is 0 Å². The molecule has 1 aliphatic heterocycles. The zero-order valence-corrected chi connectivity index (χ0v) is 16.3. The third-order valence-electron chi connectivity index (χ3n) is 5.76. The molecule has 1 aromatic rings. The lowest BCUT2D eigenvalue weighted by molar-refractivity contribution is -0.122. The first-order chi connectivity index (χ1) is 12.2. The molecule has 1 saturated heterocycles. The summed E-state index contributed by atoms with van der Waals surface area (Å²) in [5.74, 6) is 0.987. The maximum absolute atomic E-state index is 11.5. The van der Waals surface area contributed by atoms with E-state index >= 15 is 0 Å². The highest BCUT2D eigenvalue weighted by Crippen LogP contribution is 2.44. The first-order valence-corrected chi connectivity index (χ1v) is 10.9. The molecule has 3 rings (SSSR count). The number of hydrogen-bond acceptors (Lipinski definition) is 5. The molecule has 2 fully saturated rings. The number of likely N-dealkylation sites (tertiary alicyclic amines) is 1. The summed E-state index contributed by atoms with van der Waals surface area (Å²) in [6.45, 7) is 4.66. The van der Waals surface area contributed by atoms with Crippen LogP contribution in [0.3, 0.4) is 0 Å². The molecule has 0 spiro atoms. The van der Waals surface area contributed by atoms with Gasteiger partial charge in [0, 0.05) is 31.8 Å². The van der Waals surface area contributed by atoms with Gasteiger partial charge < -0.3 is 10.2 Å². The van der Waals surface area contributed by atoms with Crippen molar-refractivity contribution >= 4 is 16.3 Å². The lowest BCUT2D eigenvalue weighted by Crippen LogP contribution is -2.44. The molecule has 146 valence electrons. The molecule has 1 aliphatic carbocycles. The Kier molecular flexibility index (Phi) is 6.82. The molecule has 26 heavy (non-hydrogen) atoms. The summed E-state index contributed by atoms with van der Waals surface area (Å²) in [5.41, 5.74) is 0.647. The van der Waals surface area contributed by atoms with Crippen molar-refractivity contribution in [2.45, 2.75) is 49.6 Å². The average molecular weight is 384 g/mol. The van der Waals surface area contributed by atoms with Gasteiger partial charge in [-0.2, -0.15) is 0 Å². The van der Waals surface area contributed by atoms with E-state index in [2.05, 4.69) is 11.8 Å². The van der Waals surface area contributed by atoms with Crippen LogP contribution in [0.2, 0.25) is 0 Å². The van der Waals surface area contributed by atoms with Gasteiger partial charge in [0.15, 0.2) is 9.84 Å². The Bertz CT molecular complexity index is 703. The summed E-state index contributed by atoms with van der Waals surface area (Å²) in [6.07, 6.45) is 5.35. The van der Waals surface area contributed by atoms with Crippen molar-refractivity contribution < 1.29 is 23.4 Å². The number of nitrogens with zero attached hydrogens (tertiary/aromatic N) is 1. The number of fused-ring (bicyclic) bond motifs is 1. The molecule has 0 amide bonds. The monoisotopic (exact) mass is 383 g/mol. The first kappa shape index (κ1) is 20.9. The van der Waals surface area contributed by atoms with Crippen LogP contribution in [0.4, 0.5) is 0 Å². The molecule has 2 N–H and O–H groups in total. The van der Waals surface area contributed by atoms with Gasteiger partial charge in [0.25, 0.3) is 6.47 Å². The van der Waals surface area contributed by atoms with Gasteiger partial charge in [-0.1, -0.05) is 25.5 Å². The molecule has 1 aromatic carbocycles. The Hall–Kier alpha value is -1.44. The number of carboxylic acid groups (broad SMARTS) is 1. The summed E-state index contributed by atoms with van der Waals surface area (Å²) >= 11 is 0. The van der Waals surface area contributed by atoms with Crippen molar-refractivity contribution in [3.8, 4) is 0 Å². The molecule has 2 aliphatic rings. The second kappa shape index (κ2) is 8.50. The minimum absolute atomic E-state index is 0.250. The van der Waals surface area contributed by atoms with Gasteiger partial charge in [0.05, 0.1) is 10.5 Å². The standard InChI is InChI=1S/C18H27NO3S.CH2O2/c1-3-18(20)10-4-5-15-12-19(13-17(15)18)11-14-6-8-16(9-7-14)23(2,21)22;2-1-3/h6-9,15,17,20H,3-5,10-13H2,1-2H3;1H,(H,2,3)/t15-,17+,18-;/m0./s1. The molecule has 0 radical (unpaired) electrons. The van der Waals surface area contributed by atoms with Crippen LogP contribution in [-0.2, 0) is 21.2 Å². The SMILES string of the molecule is CC[C@]1(O)CCC[C@H]2CN(Cc3ccc(S(C)(=O)=O)cc3)C[C@H]21.O=CO. The van der Waals surface area contributed by atoms with Crippen LogP contribution in [0.15, 0.2) is 29.2 Å². The quantitative estimate of drug-likeness (QED) is 0.774. The number of carbonyl (C=O) groups is 1. The number of hydrogen-bond donors (Lipinski definition) is 2. The van der Waals surface area contributed by atoms with E-state index in [0.29, 0.717) is 16.7 Å². The molecule has 7 heteroatoms. The van der Waals surface area contributed by atoms with Gasteiger partial charge >= 0.3 is 0 Å². The smallest absolute Gasteiger partial charge is 0.290 e. The third kappa shape index (κ3) is 4.84. The largest absolute Gasteiger partial charge is 0.483 e. The molecule has 6 nitrogen and oxygen atoms in total. The molecule has 0 unspecified atom stereocenters. The lowest BCUT2D eigenvalue weighted by atomic mass is 9.69. The zero-order chi connectivity index (χ0) is 19.4. The number of benzene rings is 1. The maximum Gasteiger partial charge on any atom is 0.290 e. The van der Waals surface area contributed by atoms with E-state index < -0.39 is 15.4 Å². The third-order valence-corrected chi connectivity index (χ3v) is 6.89. The molecular weight excluding hydrogens is 354 g/mol. The predicted molar refractivity (Wildman–Crippen MR) is 99.6 cm³/mol. The average Bonchev–Trinajstić information content (AvgIpc) is 2.99. The van der Waals surface area contributed by atoms with Crippen LogP contribution in [0.5, 0.6) is 0 Å². The van der Waals surface area contributed by atoms with E-state index in [0.717, 1.165) is 44.5 Å². The number of aliphatic hydroxyl groups is 1. The van der Waals surface area contributed by atoms with Crippen LogP contribution in [0.1, 0.15) is 38.2 Å². The van der Waals surface area contributed by atoms with Gasteiger partial charge in [-0.15, -0.1) is 0 Å². The second-order valence-corrected chi connectivity index (χ2v) is 9.45. The Morgan fingerprint density at radius 3 is 2.42 bits per heavy atom. The number of sulfone groups is 1. The van der Waals surface area contributed by atoms with E-state index in [1.807, 2.05) is 12.1 Å². The van der Waals surface area contributed by atoms with E-state index in [1.165, 1.54) is 12.7 Å². The van der Waals surface area contributed by atoms with Crippen LogP contribution in [-0.4, -0.2) is 54.9 Å². The van der Waals surface area contributed by atoms with E-state index in [4.69, 9.17) is 9.90 Å². The van der Waals surface area contributed by atoms with Crippen molar-refractivity contribution in [3.63, 3.8) is 0 Å². The van der Waals surface area contributed by atoms with Gasteiger partial charge in [0.1, 0.15) is 0 Å². The molecule has 3 atom stereocenters. The van der Waals surface area contributed by atoms with Gasteiger partial charge in [-0.05, 0) is 42.9 Å². The van der Waals surface area contributed by atoms with Gasteiger partial charge in [-0.3, -0.25) is 9.69 Å². The van der Waals surface area contributed by atoms with E-state index in [1.54, 1.807) is 12.1 Å². The fraction of sp³-hybridized carbons (Fsp3) is 0.632. The van der Waals surface area contributed by atoms with E-state index in [9.17, 15) is 13.5 Å².